The Labute approximate surface area is 180 Å². The fraction of sp³-hybridized carbons (Fsp3) is 0.200. The average Bonchev–Trinajstić information content (AvgIpc) is 2.94. The molecule has 0 aliphatic carbocycles. The summed E-state index contributed by atoms with van der Waals surface area (Å²) in [6.07, 6.45) is 0.714. The summed E-state index contributed by atoms with van der Waals surface area (Å²) in [5.74, 6) is -0.973. The van der Waals surface area contributed by atoms with Crippen molar-refractivity contribution in [2.45, 2.75) is 29.9 Å². The Morgan fingerprint density at radius 2 is 1.85 bits per heavy atom. The minimum Gasteiger partial charge on any atom is -1.00 e. The number of hydrogen-bond donors (Lipinski definition) is 0. The van der Waals surface area contributed by atoms with Gasteiger partial charge in [-0.3, -0.25) is 9.59 Å². The molecular formula is C20H19MgNO4S. The zero-order valence-corrected chi connectivity index (χ0v) is 17.2. The molecule has 3 rings (SSSR count). The number of esters is 1. The van der Waals surface area contributed by atoms with Gasteiger partial charge in [-0.2, -0.15) is 6.61 Å². The molecule has 2 aromatic rings. The largest absolute Gasteiger partial charge is 2.00 e. The van der Waals surface area contributed by atoms with Crippen LogP contribution in [-0.4, -0.2) is 46.1 Å². The molecular weight excluding hydrogens is 375 g/mol. The van der Waals surface area contributed by atoms with Crippen LogP contribution in [0.1, 0.15) is 31.6 Å². The van der Waals surface area contributed by atoms with Gasteiger partial charge in [0.15, 0.2) is 0 Å². The van der Waals surface area contributed by atoms with Crippen LogP contribution in [-0.2, 0) is 14.3 Å². The number of thioether (sulfide) groups is 1. The van der Waals surface area contributed by atoms with Gasteiger partial charge in [-0.1, -0.05) is 37.3 Å². The van der Waals surface area contributed by atoms with Gasteiger partial charge in [0.05, 0.1) is 16.5 Å². The van der Waals surface area contributed by atoms with Crippen LogP contribution in [0.2, 0.25) is 0 Å². The fourth-order valence-electron chi connectivity index (χ4n) is 2.66. The van der Waals surface area contributed by atoms with E-state index in [0.717, 1.165) is 0 Å². The van der Waals surface area contributed by atoms with Gasteiger partial charge in [-0.15, -0.1) is 18.2 Å². The van der Waals surface area contributed by atoms with Crippen molar-refractivity contribution in [3.8, 4) is 0 Å². The van der Waals surface area contributed by atoms with Crippen LogP contribution in [0, 0.1) is 6.61 Å². The number of nitrogens with zero attached hydrogens (tertiary/aromatic N) is 1. The van der Waals surface area contributed by atoms with Gasteiger partial charge in [-0.25, -0.2) is 9.69 Å². The Hall–Kier alpha value is -1.83. The molecule has 1 saturated heterocycles. The van der Waals surface area contributed by atoms with E-state index in [2.05, 4.69) is 0 Å². The number of amides is 2. The third kappa shape index (κ3) is 4.91. The molecule has 1 fully saturated rings. The molecule has 1 aliphatic rings. The van der Waals surface area contributed by atoms with E-state index in [4.69, 9.17) is 4.74 Å². The van der Waals surface area contributed by atoms with Gasteiger partial charge < -0.3 is 6.16 Å². The molecule has 2 aromatic carbocycles. The van der Waals surface area contributed by atoms with Gasteiger partial charge >= 0.3 is 29.0 Å². The van der Waals surface area contributed by atoms with Crippen LogP contribution in [0.15, 0.2) is 59.5 Å². The molecule has 136 valence electrons. The minimum atomic E-state index is -0.563. The predicted octanol–water partition coefficient (Wildman–Crippen LogP) is 3.57. The molecule has 0 aromatic heterocycles. The number of para-hydroxylation sites is 1. The van der Waals surface area contributed by atoms with Gasteiger partial charge in [-0.05, 0) is 24.3 Å². The van der Waals surface area contributed by atoms with E-state index < -0.39 is 11.2 Å². The van der Waals surface area contributed by atoms with Crippen LogP contribution >= 0.6 is 11.8 Å². The number of imide groups is 1. The van der Waals surface area contributed by atoms with Crippen molar-refractivity contribution in [3.63, 3.8) is 0 Å². The molecule has 7 heteroatoms. The van der Waals surface area contributed by atoms with Crippen molar-refractivity contribution >= 4 is 58.3 Å². The van der Waals surface area contributed by atoms with Crippen LogP contribution in [0.4, 0.5) is 5.69 Å². The topological polar surface area (TPSA) is 63.7 Å². The maximum Gasteiger partial charge on any atom is 2.00 e. The van der Waals surface area contributed by atoms with E-state index in [1.165, 1.54) is 23.3 Å². The quantitative estimate of drug-likeness (QED) is 0.325. The second-order valence-electron chi connectivity index (χ2n) is 5.69. The Bertz CT molecular complexity index is 834. The molecule has 0 radical (unpaired) electrons. The molecule has 1 unspecified atom stereocenters. The maximum atomic E-state index is 12.7. The zero-order chi connectivity index (χ0) is 18.5. The third-order valence-electron chi connectivity index (χ3n) is 3.85. The first-order valence-corrected chi connectivity index (χ1v) is 9.20. The second kappa shape index (κ2) is 9.92. The summed E-state index contributed by atoms with van der Waals surface area (Å²) in [7, 11) is 0. The van der Waals surface area contributed by atoms with Crippen molar-refractivity contribution in [2.75, 3.05) is 4.90 Å². The van der Waals surface area contributed by atoms with E-state index >= 15 is 0 Å². The van der Waals surface area contributed by atoms with Crippen LogP contribution in [0.5, 0.6) is 0 Å². The number of hydrogen-bond acceptors (Lipinski definition) is 5. The first-order chi connectivity index (χ1) is 12.6. The fourth-order valence-corrected chi connectivity index (χ4v) is 3.83. The van der Waals surface area contributed by atoms with Crippen molar-refractivity contribution in [3.05, 3.63) is 66.8 Å². The molecule has 1 heterocycles. The van der Waals surface area contributed by atoms with Crippen LogP contribution in [0.3, 0.4) is 0 Å². The molecule has 2 amide bonds. The maximum absolute atomic E-state index is 12.7. The molecule has 0 bridgehead atoms. The summed E-state index contributed by atoms with van der Waals surface area (Å²) in [4.78, 5) is 39.1. The van der Waals surface area contributed by atoms with E-state index in [0.29, 0.717) is 22.6 Å². The molecule has 1 atom stereocenters. The predicted molar refractivity (Wildman–Crippen MR) is 107 cm³/mol. The Kier molecular flexibility index (Phi) is 7.88. The van der Waals surface area contributed by atoms with Gasteiger partial charge in [0.25, 0.3) is 0 Å². The monoisotopic (exact) mass is 393 g/mol. The zero-order valence-electron chi connectivity index (χ0n) is 16.0. The number of carbonyl (C=O) groups excluding carboxylic acids is 3. The average molecular weight is 394 g/mol. The van der Waals surface area contributed by atoms with Crippen LogP contribution < -0.4 is 4.90 Å². The summed E-state index contributed by atoms with van der Waals surface area (Å²) >= 11 is 1.22. The van der Waals surface area contributed by atoms with Gasteiger partial charge in [0.1, 0.15) is 0 Å². The van der Waals surface area contributed by atoms with Crippen LogP contribution in [0.25, 0.3) is 0 Å². The normalized spacial score (nSPS) is 16.2. The molecule has 0 saturated carbocycles. The Morgan fingerprint density at radius 3 is 2.56 bits per heavy atom. The van der Waals surface area contributed by atoms with E-state index in [1.807, 2.05) is 13.0 Å². The number of carbonyl (C=O) groups is 3. The standard InChI is InChI=1S/C20H18NO4S.Mg.H/c1-2-12-25-20(24)15-10-6-7-11-16(15)26-17-13-18(22)21(19(17)23)14-8-4-3-5-9-14;;/h3-12,17H,2,13H2,1H3;;/q-1;+2;-1. The number of rotatable bonds is 6. The van der Waals surface area contributed by atoms with Crippen molar-refractivity contribution in [2.24, 2.45) is 0 Å². The first kappa shape index (κ1) is 21.5. The molecule has 0 spiro atoms. The molecule has 27 heavy (non-hydrogen) atoms. The number of benzene rings is 2. The van der Waals surface area contributed by atoms with Crippen molar-refractivity contribution in [1.82, 2.24) is 0 Å². The molecule has 0 N–H and O–H groups in total. The number of anilines is 1. The molecule has 1 aliphatic heterocycles. The Balaban J connectivity index is 0.00000196. The smallest absolute Gasteiger partial charge is 1.00 e. The number of ether oxygens (including phenoxy) is 1. The van der Waals surface area contributed by atoms with Crippen molar-refractivity contribution < 1.29 is 20.5 Å². The summed E-state index contributed by atoms with van der Waals surface area (Å²) in [5.41, 5.74) is 0.955. The second-order valence-corrected chi connectivity index (χ2v) is 6.93. The summed E-state index contributed by atoms with van der Waals surface area (Å²) in [5, 5.41) is -0.563. The first-order valence-electron chi connectivity index (χ1n) is 8.32. The van der Waals surface area contributed by atoms with E-state index in [1.54, 1.807) is 48.5 Å². The summed E-state index contributed by atoms with van der Waals surface area (Å²) in [6.45, 7) is 3.31. The minimum absolute atomic E-state index is 0. The summed E-state index contributed by atoms with van der Waals surface area (Å²) < 4.78 is 5.08. The third-order valence-corrected chi connectivity index (χ3v) is 5.12. The van der Waals surface area contributed by atoms with Gasteiger partial charge in [0, 0.05) is 11.3 Å². The SMILES string of the molecule is CC[CH-]OC(=O)c1ccccc1SC1CC(=O)N(c2ccccc2)C1=O.[H-].[Mg+2]. The summed E-state index contributed by atoms with van der Waals surface area (Å²) in [6, 6.07) is 15.8. The molecule has 5 nitrogen and oxygen atoms in total. The van der Waals surface area contributed by atoms with E-state index in [-0.39, 0.29) is 42.7 Å². The van der Waals surface area contributed by atoms with E-state index in [9.17, 15) is 14.4 Å². The van der Waals surface area contributed by atoms with Crippen molar-refractivity contribution in [1.29, 1.82) is 0 Å². The van der Waals surface area contributed by atoms with Gasteiger partial charge in [0.2, 0.25) is 11.8 Å². The Morgan fingerprint density at radius 1 is 1.19 bits per heavy atom.